The van der Waals surface area contributed by atoms with E-state index in [0.717, 1.165) is 18.4 Å². The Morgan fingerprint density at radius 1 is 1.36 bits per heavy atom. The molecule has 0 heterocycles. The van der Waals surface area contributed by atoms with Crippen LogP contribution in [0.4, 0.5) is 0 Å². The minimum atomic E-state index is -0.0915. The maximum absolute atomic E-state index is 8.51. The van der Waals surface area contributed by atoms with E-state index in [1.54, 1.807) is 0 Å². The lowest BCUT2D eigenvalue weighted by Crippen LogP contribution is -1.94. The first-order valence-electron chi connectivity index (χ1n) is 3.80. The summed E-state index contributed by atoms with van der Waals surface area (Å²) in [6.07, 6.45) is 1.82. The van der Waals surface area contributed by atoms with Gasteiger partial charge in [0.15, 0.2) is 0 Å². The van der Waals surface area contributed by atoms with E-state index in [1.807, 2.05) is 18.2 Å². The van der Waals surface area contributed by atoms with E-state index in [2.05, 4.69) is 11.0 Å². The minimum Gasteiger partial charge on any atom is -0.251 e. The second-order valence-corrected chi connectivity index (χ2v) is 2.83. The van der Waals surface area contributed by atoms with Crippen LogP contribution in [0.15, 0.2) is 24.3 Å². The SMILES string of the molecule is OO[C@@H]1CCc2ccccc21. The molecule has 0 saturated carbocycles. The number of rotatable bonds is 1. The fraction of sp³-hybridized carbons (Fsp3) is 0.333. The molecule has 2 rings (SSSR count). The van der Waals surface area contributed by atoms with Crippen molar-refractivity contribution in [1.29, 1.82) is 0 Å². The third-order valence-corrected chi connectivity index (χ3v) is 2.21. The molecule has 0 aromatic heterocycles. The molecular weight excluding hydrogens is 140 g/mol. The highest BCUT2D eigenvalue weighted by molar-refractivity contribution is 5.33. The summed E-state index contributed by atoms with van der Waals surface area (Å²) >= 11 is 0. The van der Waals surface area contributed by atoms with Crippen LogP contribution in [0.5, 0.6) is 0 Å². The fourth-order valence-corrected chi connectivity index (χ4v) is 1.63. The lowest BCUT2D eigenvalue weighted by molar-refractivity contribution is -0.280. The number of aryl methyl sites for hydroxylation is 1. The molecule has 1 aliphatic rings. The van der Waals surface area contributed by atoms with Gasteiger partial charge in [0.25, 0.3) is 0 Å². The third kappa shape index (κ3) is 1.04. The Labute approximate surface area is 65.4 Å². The van der Waals surface area contributed by atoms with Crippen molar-refractivity contribution in [2.24, 2.45) is 0 Å². The van der Waals surface area contributed by atoms with Crippen LogP contribution in [0.25, 0.3) is 0 Å². The molecule has 11 heavy (non-hydrogen) atoms. The maximum Gasteiger partial charge on any atom is 0.118 e. The van der Waals surface area contributed by atoms with Crippen molar-refractivity contribution in [1.82, 2.24) is 0 Å². The van der Waals surface area contributed by atoms with Crippen molar-refractivity contribution >= 4 is 0 Å². The Bertz CT molecular complexity index is 257. The molecular formula is C9H10O2. The number of fused-ring (bicyclic) bond motifs is 1. The Hall–Kier alpha value is -0.860. The molecule has 0 aliphatic heterocycles. The van der Waals surface area contributed by atoms with Crippen LogP contribution in [0.2, 0.25) is 0 Å². The van der Waals surface area contributed by atoms with Crippen molar-refractivity contribution in [3.05, 3.63) is 35.4 Å². The molecule has 58 valence electrons. The molecule has 1 aromatic rings. The molecule has 2 nitrogen and oxygen atoms in total. The predicted molar refractivity (Wildman–Crippen MR) is 41.2 cm³/mol. The molecule has 0 spiro atoms. The van der Waals surface area contributed by atoms with E-state index >= 15 is 0 Å². The van der Waals surface area contributed by atoms with Gasteiger partial charge in [0.05, 0.1) is 0 Å². The standard InChI is InChI=1S/C9H10O2/c10-11-9-6-5-7-3-1-2-4-8(7)9/h1-4,9-10H,5-6H2/t9-/m1/s1. The van der Waals surface area contributed by atoms with E-state index in [1.165, 1.54) is 5.56 Å². The number of hydrogen-bond acceptors (Lipinski definition) is 2. The summed E-state index contributed by atoms with van der Waals surface area (Å²) in [6, 6.07) is 8.06. The van der Waals surface area contributed by atoms with Gasteiger partial charge < -0.3 is 0 Å². The van der Waals surface area contributed by atoms with Crippen LogP contribution in [-0.2, 0) is 11.3 Å². The average molecular weight is 150 g/mol. The first-order valence-corrected chi connectivity index (χ1v) is 3.80. The first kappa shape index (κ1) is 6.83. The molecule has 1 aliphatic carbocycles. The Morgan fingerprint density at radius 2 is 2.18 bits per heavy atom. The highest BCUT2D eigenvalue weighted by Gasteiger charge is 2.21. The van der Waals surface area contributed by atoms with E-state index in [-0.39, 0.29) is 6.10 Å². The fourth-order valence-electron chi connectivity index (χ4n) is 1.63. The van der Waals surface area contributed by atoms with Crippen LogP contribution in [0, 0.1) is 0 Å². The van der Waals surface area contributed by atoms with Crippen LogP contribution in [0.3, 0.4) is 0 Å². The molecule has 0 radical (unpaired) electrons. The van der Waals surface area contributed by atoms with Crippen LogP contribution in [0.1, 0.15) is 23.7 Å². The topological polar surface area (TPSA) is 29.5 Å². The van der Waals surface area contributed by atoms with Gasteiger partial charge in [-0.05, 0) is 24.0 Å². The first-order chi connectivity index (χ1) is 5.42. The van der Waals surface area contributed by atoms with Crippen molar-refractivity contribution in [3.8, 4) is 0 Å². The normalized spacial score (nSPS) is 21.7. The van der Waals surface area contributed by atoms with E-state index < -0.39 is 0 Å². The van der Waals surface area contributed by atoms with Gasteiger partial charge in [-0.25, -0.2) is 4.89 Å². The highest BCUT2D eigenvalue weighted by Crippen LogP contribution is 2.32. The monoisotopic (exact) mass is 150 g/mol. The summed E-state index contributed by atoms with van der Waals surface area (Å²) in [7, 11) is 0. The zero-order chi connectivity index (χ0) is 7.68. The van der Waals surface area contributed by atoms with Crippen LogP contribution < -0.4 is 0 Å². The van der Waals surface area contributed by atoms with Gasteiger partial charge in [0.2, 0.25) is 0 Å². The summed E-state index contributed by atoms with van der Waals surface area (Å²) in [4.78, 5) is 4.34. The van der Waals surface area contributed by atoms with Gasteiger partial charge in [-0.2, -0.15) is 0 Å². The highest BCUT2D eigenvalue weighted by atomic mass is 17.1. The predicted octanol–water partition coefficient (Wildman–Crippen LogP) is 2.16. The molecule has 0 fully saturated rings. The molecule has 1 aromatic carbocycles. The Kier molecular flexibility index (Phi) is 1.64. The smallest absolute Gasteiger partial charge is 0.118 e. The van der Waals surface area contributed by atoms with E-state index in [0.29, 0.717) is 0 Å². The van der Waals surface area contributed by atoms with Crippen molar-refractivity contribution in [2.45, 2.75) is 18.9 Å². The second kappa shape index (κ2) is 2.64. The lowest BCUT2D eigenvalue weighted by atomic mass is 10.1. The summed E-state index contributed by atoms with van der Waals surface area (Å²) < 4.78 is 0. The van der Waals surface area contributed by atoms with Gasteiger partial charge >= 0.3 is 0 Å². The van der Waals surface area contributed by atoms with Crippen molar-refractivity contribution in [2.75, 3.05) is 0 Å². The quantitative estimate of drug-likeness (QED) is 0.491. The lowest BCUT2D eigenvalue weighted by Gasteiger charge is -2.05. The summed E-state index contributed by atoms with van der Waals surface area (Å²) in [5, 5.41) is 8.51. The minimum absolute atomic E-state index is 0.0915. The average Bonchev–Trinajstić information content (AvgIpc) is 2.47. The van der Waals surface area contributed by atoms with E-state index in [4.69, 9.17) is 5.26 Å². The Balaban J connectivity index is 2.39. The summed E-state index contributed by atoms with van der Waals surface area (Å²) in [5.74, 6) is 0. The zero-order valence-electron chi connectivity index (χ0n) is 6.16. The van der Waals surface area contributed by atoms with Crippen molar-refractivity contribution < 1.29 is 10.1 Å². The largest absolute Gasteiger partial charge is 0.251 e. The molecule has 0 saturated heterocycles. The van der Waals surface area contributed by atoms with Gasteiger partial charge in [0.1, 0.15) is 6.10 Å². The maximum atomic E-state index is 8.51. The van der Waals surface area contributed by atoms with Gasteiger partial charge in [0, 0.05) is 0 Å². The molecule has 1 atom stereocenters. The van der Waals surface area contributed by atoms with Crippen LogP contribution in [-0.4, -0.2) is 5.26 Å². The van der Waals surface area contributed by atoms with Crippen LogP contribution >= 0.6 is 0 Å². The third-order valence-electron chi connectivity index (χ3n) is 2.21. The zero-order valence-corrected chi connectivity index (χ0v) is 6.16. The van der Waals surface area contributed by atoms with Gasteiger partial charge in [-0.3, -0.25) is 5.26 Å². The summed E-state index contributed by atoms with van der Waals surface area (Å²) in [6.45, 7) is 0. The molecule has 2 heteroatoms. The number of benzene rings is 1. The summed E-state index contributed by atoms with van der Waals surface area (Å²) in [5.41, 5.74) is 2.43. The van der Waals surface area contributed by atoms with Gasteiger partial charge in [-0.15, -0.1) is 0 Å². The van der Waals surface area contributed by atoms with Gasteiger partial charge in [-0.1, -0.05) is 24.3 Å². The molecule has 1 N–H and O–H groups in total. The molecule has 0 amide bonds. The van der Waals surface area contributed by atoms with E-state index in [9.17, 15) is 0 Å². The molecule has 0 unspecified atom stereocenters. The number of hydrogen-bond donors (Lipinski definition) is 1. The second-order valence-electron chi connectivity index (χ2n) is 2.83. The Morgan fingerprint density at radius 3 is 3.00 bits per heavy atom. The molecule has 0 bridgehead atoms. The van der Waals surface area contributed by atoms with Crippen molar-refractivity contribution in [3.63, 3.8) is 0 Å².